The summed E-state index contributed by atoms with van der Waals surface area (Å²) in [5, 5.41) is 2.64. The first-order valence-corrected chi connectivity index (χ1v) is 4.52. The fourth-order valence-corrected chi connectivity index (χ4v) is 1.63. The average Bonchev–Trinajstić information content (AvgIpc) is 2.16. The van der Waals surface area contributed by atoms with Gasteiger partial charge in [-0.3, -0.25) is 4.79 Å². The number of nitrogens with one attached hydrogen (secondary N) is 1. The van der Waals surface area contributed by atoms with Crippen LogP contribution in [0.5, 0.6) is 0 Å². The fraction of sp³-hybridized carbons (Fsp3) is 0.300. The number of rotatable bonds is 1. The van der Waals surface area contributed by atoms with Gasteiger partial charge in [-0.2, -0.15) is 0 Å². The molecule has 74 valence electrons. The Labute approximate surface area is 81.1 Å². The quantitative estimate of drug-likeness (QED) is 0.705. The highest BCUT2D eigenvalue weighted by molar-refractivity contribution is 5.94. The van der Waals surface area contributed by atoms with Crippen LogP contribution in [0.1, 0.15) is 17.5 Å². The lowest BCUT2D eigenvalue weighted by Gasteiger charge is -2.18. The summed E-state index contributed by atoms with van der Waals surface area (Å²) in [6.45, 7) is 0.278. The van der Waals surface area contributed by atoms with Gasteiger partial charge in [0, 0.05) is 24.2 Å². The third kappa shape index (κ3) is 1.48. The number of anilines is 1. The van der Waals surface area contributed by atoms with Crippen molar-refractivity contribution in [3.8, 4) is 0 Å². The predicted molar refractivity (Wildman–Crippen MR) is 51.2 cm³/mol. The molecule has 1 aliphatic rings. The van der Waals surface area contributed by atoms with E-state index in [9.17, 15) is 9.18 Å². The van der Waals surface area contributed by atoms with Gasteiger partial charge in [-0.05, 0) is 24.1 Å². The minimum atomic E-state index is -0.275. The van der Waals surface area contributed by atoms with Gasteiger partial charge in [-0.25, -0.2) is 4.39 Å². The molecule has 0 aromatic heterocycles. The van der Waals surface area contributed by atoms with Crippen molar-refractivity contribution in [1.29, 1.82) is 0 Å². The van der Waals surface area contributed by atoms with Crippen LogP contribution in [0.2, 0.25) is 0 Å². The van der Waals surface area contributed by atoms with Crippen LogP contribution < -0.4 is 11.1 Å². The molecule has 0 fully saturated rings. The highest BCUT2D eigenvalue weighted by Crippen LogP contribution is 2.26. The number of amides is 1. The van der Waals surface area contributed by atoms with E-state index in [0.717, 1.165) is 0 Å². The number of fused-ring (bicyclic) bond motifs is 1. The summed E-state index contributed by atoms with van der Waals surface area (Å²) in [6.07, 6.45) is 0.823. The summed E-state index contributed by atoms with van der Waals surface area (Å²) >= 11 is 0. The normalized spacial score (nSPS) is 14.9. The van der Waals surface area contributed by atoms with Crippen LogP contribution in [0.3, 0.4) is 0 Å². The van der Waals surface area contributed by atoms with Crippen molar-refractivity contribution in [2.45, 2.75) is 19.4 Å². The van der Waals surface area contributed by atoms with E-state index in [0.29, 0.717) is 29.7 Å². The zero-order valence-electron chi connectivity index (χ0n) is 7.64. The second kappa shape index (κ2) is 3.38. The molecule has 1 aliphatic heterocycles. The van der Waals surface area contributed by atoms with Crippen LogP contribution in [-0.4, -0.2) is 5.91 Å². The van der Waals surface area contributed by atoms with Crippen molar-refractivity contribution in [2.24, 2.45) is 5.73 Å². The molecule has 4 heteroatoms. The molecule has 1 heterocycles. The molecule has 1 aromatic carbocycles. The molecule has 3 N–H and O–H groups in total. The Kier molecular flexibility index (Phi) is 2.21. The van der Waals surface area contributed by atoms with E-state index in [4.69, 9.17) is 5.73 Å². The molecule has 0 unspecified atom stereocenters. The van der Waals surface area contributed by atoms with Crippen LogP contribution in [0.4, 0.5) is 10.1 Å². The highest BCUT2D eigenvalue weighted by Gasteiger charge is 2.18. The molecular formula is C10H11FN2O. The molecular weight excluding hydrogens is 183 g/mol. The van der Waals surface area contributed by atoms with Gasteiger partial charge >= 0.3 is 0 Å². The average molecular weight is 194 g/mol. The molecule has 0 aliphatic carbocycles. The Hall–Kier alpha value is -1.42. The largest absolute Gasteiger partial charge is 0.326 e. The summed E-state index contributed by atoms with van der Waals surface area (Å²) < 4.78 is 13.4. The number of nitrogens with two attached hydrogens (primary N) is 1. The third-order valence-corrected chi connectivity index (χ3v) is 2.37. The van der Waals surface area contributed by atoms with E-state index >= 15 is 0 Å². The first-order chi connectivity index (χ1) is 6.70. The highest BCUT2D eigenvalue weighted by atomic mass is 19.1. The van der Waals surface area contributed by atoms with E-state index in [1.54, 1.807) is 6.07 Å². The summed E-state index contributed by atoms with van der Waals surface area (Å²) in [7, 11) is 0. The van der Waals surface area contributed by atoms with Crippen molar-refractivity contribution in [1.82, 2.24) is 0 Å². The first-order valence-electron chi connectivity index (χ1n) is 4.52. The maximum absolute atomic E-state index is 13.4. The van der Waals surface area contributed by atoms with E-state index < -0.39 is 0 Å². The molecule has 0 bridgehead atoms. The Morgan fingerprint density at radius 1 is 1.43 bits per heavy atom. The second-order valence-corrected chi connectivity index (χ2v) is 3.36. The molecule has 0 saturated carbocycles. The smallest absolute Gasteiger partial charge is 0.224 e. The first kappa shape index (κ1) is 9.15. The number of hydrogen-bond donors (Lipinski definition) is 2. The minimum absolute atomic E-state index is 0.0638. The molecule has 0 saturated heterocycles. The zero-order chi connectivity index (χ0) is 10.1. The number of carbonyl (C=O) groups is 1. The third-order valence-electron chi connectivity index (χ3n) is 2.37. The van der Waals surface area contributed by atoms with Gasteiger partial charge in [-0.1, -0.05) is 0 Å². The Balaban J connectivity index is 2.48. The summed E-state index contributed by atoms with van der Waals surface area (Å²) in [5.41, 5.74) is 7.26. The summed E-state index contributed by atoms with van der Waals surface area (Å²) in [5.74, 6) is -0.339. The van der Waals surface area contributed by atoms with Crippen molar-refractivity contribution >= 4 is 11.6 Å². The molecule has 0 spiro atoms. The number of halogens is 1. The maximum atomic E-state index is 13.4. The Bertz CT molecular complexity index is 390. The van der Waals surface area contributed by atoms with E-state index in [2.05, 4.69) is 5.32 Å². The van der Waals surface area contributed by atoms with Crippen LogP contribution >= 0.6 is 0 Å². The lowest BCUT2D eigenvalue weighted by molar-refractivity contribution is -0.116. The molecule has 0 radical (unpaired) electrons. The summed E-state index contributed by atoms with van der Waals surface area (Å²) in [4.78, 5) is 11.1. The Morgan fingerprint density at radius 3 is 2.93 bits per heavy atom. The van der Waals surface area contributed by atoms with Gasteiger partial charge in [0.15, 0.2) is 0 Å². The van der Waals surface area contributed by atoms with E-state index in [1.807, 2.05) is 0 Å². The summed E-state index contributed by atoms with van der Waals surface area (Å²) in [6, 6.07) is 3.16. The van der Waals surface area contributed by atoms with Crippen LogP contribution in [-0.2, 0) is 17.8 Å². The molecule has 1 amide bonds. The van der Waals surface area contributed by atoms with Gasteiger partial charge in [0.2, 0.25) is 5.91 Å². The molecule has 14 heavy (non-hydrogen) atoms. The van der Waals surface area contributed by atoms with Crippen LogP contribution in [0.15, 0.2) is 12.1 Å². The predicted octanol–water partition coefficient (Wildman–Crippen LogP) is 1.17. The number of benzene rings is 1. The Morgan fingerprint density at radius 2 is 2.21 bits per heavy atom. The van der Waals surface area contributed by atoms with Crippen LogP contribution in [0, 0.1) is 5.82 Å². The monoisotopic (exact) mass is 194 g/mol. The van der Waals surface area contributed by atoms with E-state index in [1.165, 1.54) is 6.07 Å². The lowest BCUT2D eigenvalue weighted by Crippen LogP contribution is -2.20. The fourth-order valence-electron chi connectivity index (χ4n) is 1.63. The van der Waals surface area contributed by atoms with Crippen LogP contribution in [0.25, 0.3) is 0 Å². The molecule has 2 rings (SSSR count). The lowest BCUT2D eigenvalue weighted by atomic mass is 10.00. The number of carbonyl (C=O) groups excluding carboxylic acids is 1. The van der Waals surface area contributed by atoms with Crippen molar-refractivity contribution in [2.75, 3.05) is 5.32 Å². The van der Waals surface area contributed by atoms with Gasteiger partial charge in [0.1, 0.15) is 5.82 Å². The second-order valence-electron chi connectivity index (χ2n) is 3.36. The molecule has 1 aromatic rings. The zero-order valence-corrected chi connectivity index (χ0v) is 7.64. The standard InChI is InChI=1S/C10H11FN2O/c11-8-3-6(5-12)4-9-7(8)1-2-10(14)13-9/h3-4H,1-2,5,12H2,(H,13,14). The molecule has 3 nitrogen and oxygen atoms in total. The van der Waals surface area contributed by atoms with Gasteiger partial charge in [0.25, 0.3) is 0 Å². The van der Waals surface area contributed by atoms with Crippen molar-refractivity contribution in [3.63, 3.8) is 0 Å². The SMILES string of the molecule is NCc1cc(F)c2c(c1)NC(=O)CC2. The topological polar surface area (TPSA) is 55.1 Å². The van der Waals surface area contributed by atoms with Gasteiger partial charge < -0.3 is 11.1 Å². The van der Waals surface area contributed by atoms with Crippen molar-refractivity contribution < 1.29 is 9.18 Å². The van der Waals surface area contributed by atoms with Crippen molar-refractivity contribution in [3.05, 3.63) is 29.1 Å². The van der Waals surface area contributed by atoms with Gasteiger partial charge in [-0.15, -0.1) is 0 Å². The minimum Gasteiger partial charge on any atom is -0.326 e. The van der Waals surface area contributed by atoms with Gasteiger partial charge in [0.05, 0.1) is 0 Å². The molecule has 0 atom stereocenters. The maximum Gasteiger partial charge on any atom is 0.224 e. The van der Waals surface area contributed by atoms with E-state index in [-0.39, 0.29) is 18.3 Å². The number of hydrogen-bond acceptors (Lipinski definition) is 2.